The van der Waals surface area contributed by atoms with Crippen LogP contribution >= 0.6 is 23.2 Å². The number of benzene rings is 1. The number of nitrogens with zero attached hydrogens (tertiary/aromatic N) is 5. The van der Waals surface area contributed by atoms with Crippen LogP contribution in [0.4, 0.5) is 23.3 Å². The molecule has 1 fully saturated rings. The third-order valence-electron chi connectivity index (χ3n) is 6.15. The molecule has 1 aromatic carbocycles. The number of nitrogens with one attached hydrogen (secondary N) is 3. The SMILES string of the molecule is C=CC(=O)Nc1cn(C)nc1Nc1ncc2cc(-c3c(Cl)c(OC)cc(OC)c3Cl)nc(NCC3CC3)c2n1. The fraction of sp³-hybridized carbons (Fsp3) is 0.269. The molecule has 0 radical (unpaired) electrons. The van der Waals surface area contributed by atoms with Gasteiger partial charge < -0.3 is 25.4 Å². The quantitative estimate of drug-likeness (QED) is 0.214. The van der Waals surface area contributed by atoms with Gasteiger partial charge in [-0.15, -0.1) is 0 Å². The van der Waals surface area contributed by atoms with Gasteiger partial charge in [0.05, 0.1) is 36.2 Å². The van der Waals surface area contributed by atoms with Crippen LogP contribution in [0.3, 0.4) is 0 Å². The number of carbonyl (C=O) groups excluding carboxylic acids is 1. The van der Waals surface area contributed by atoms with Crippen molar-refractivity contribution in [3.05, 3.63) is 47.2 Å². The van der Waals surface area contributed by atoms with E-state index in [2.05, 4.69) is 32.6 Å². The third kappa shape index (κ3) is 5.55. The maximum Gasteiger partial charge on any atom is 0.247 e. The van der Waals surface area contributed by atoms with Crippen LogP contribution in [0.1, 0.15) is 12.8 Å². The van der Waals surface area contributed by atoms with Gasteiger partial charge in [-0.2, -0.15) is 5.10 Å². The lowest BCUT2D eigenvalue weighted by molar-refractivity contribution is -0.111. The van der Waals surface area contributed by atoms with Crippen molar-refractivity contribution in [3.63, 3.8) is 0 Å². The van der Waals surface area contributed by atoms with E-state index in [1.165, 1.54) is 20.3 Å². The van der Waals surface area contributed by atoms with E-state index in [1.54, 1.807) is 30.2 Å². The predicted octanol–water partition coefficient (Wildman–Crippen LogP) is 5.44. The molecule has 1 saturated carbocycles. The first-order valence-electron chi connectivity index (χ1n) is 12.1. The van der Waals surface area contributed by atoms with Crippen molar-refractivity contribution in [2.75, 3.05) is 36.7 Å². The molecule has 0 spiro atoms. The van der Waals surface area contributed by atoms with Crippen molar-refractivity contribution in [1.29, 1.82) is 0 Å². The van der Waals surface area contributed by atoms with Gasteiger partial charge in [0.25, 0.3) is 0 Å². The lowest BCUT2D eigenvalue weighted by Crippen LogP contribution is -2.10. The second kappa shape index (κ2) is 11.0. The highest BCUT2D eigenvalue weighted by Crippen LogP contribution is 2.46. The molecule has 3 N–H and O–H groups in total. The number of anilines is 4. The Hall–Kier alpha value is -4.09. The summed E-state index contributed by atoms with van der Waals surface area (Å²) in [7, 11) is 4.78. The lowest BCUT2D eigenvalue weighted by Gasteiger charge is -2.16. The number of methoxy groups -OCH3 is 2. The van der Waals surface area contributed by atoms with Crippen LogP contribution in [0.5, 0.6) is 11.5 Å². The maximum atomic E-state index is 11.8. The topological polar surface area (TPSA) is 128 Å². The summed E-state index contributed by atoms with van der Waals surface area (Å²) in [6, 6.07) is 3.44. The number of ether oxygens (including phenoxy) is 2. The van der Waals surface area contributed by atoms with Crippen LogP contribution in [0.2, 0.25) is 10.0 Å². The smallest absolute Gasteiger partial charge is 0.247 e. The van der Waals surface area contributed by atoms with E-state index < -0.39 is 0 Å². The Labute approximate surface area is 234 Å². The number of carbonyl (C=O) groups is 1. The first kappa shape index (κ1) is 26.5. The highest BCUT2D eigenvalue weighted by molar-refractivity contribution is 6.41. The summed E-state index contributed by atoms with van der Waals surface area (Å²) >= 11 is 13.4. The molecular weight excluding hydrogens is 543 g/mol. The van der Waals surface area contributed by atoms with Crippen LogP contribution < -0.4 is 25.4 Å². The molecule has 39 heavy (non-hydrogen) atoms. The van der Waals surface area contributed by atoms with Gasteiger partial charge in [-0.1, -0.05) is 29.8 Å². The standard InChI is InChI=1S/C26H26Cl2N8O3/c1-5-19(37)31-16-12-36(2)35-24(16)34-26-30-11-14-8-15(32-25(23(14)33-26)29-10-13-6-7-13)20-21(27)17(38-3)9-18(39-4)22(20)28/h5,8-9,11-13H,1,6-7,10H2,2-4H3,(H,29,32)(H,31,37)(H,30,33,34,35). The molecule has 3 aromatic heterocycles. The van der Waals surface area contributed by atoms with Crippen molar-refractivity contribution >= 4 is 63.3 Å². The van der Waals surface area contributed by atoms with Crippen LogP contribution in [0, 0.1) is 5.92 Å². The highest BCUT2D eigenvalue weighted by Gasteiger charge is 2.24. The van der Waals surface area contributed by atoms with Gasteiger partial charge in [0.1, 0.15) is 22.7 Å². The zero-order chi connectivity index (χ0) is 27.7. The molecule has 1 amide bonds. The molecule has 0 aliphatic heterocycles. The van der Waals surface area contributed by atoms with Crippen LogP contribution in [-0.2, 0) is 11.8 Å². The first-order valence-corrected chi connectivity index (χ1v) is 12.8. The maximum absolute atomic E-state index is 11.8. The van der Waals surface area contributed by atoms with Gasteiger partial charge in [0, 0.05) is 36.8 Å². The zero-order valence-electron chi connectivity index (χ0n) is 21.5. The third-order valence-corrected chi connectivity index (χ3v) is 6.90. The van der Waals surface area contributed by atoms with Gasteiger partial charge in [0.15, 0.2) is 11.6 Å². The molecule has 4 aromatic rings. The molecule has 5 rings (SSSR count). The molecule has 1 aliphatic carbocycles. The average molecular weight is 569 g/mol. The lowest BCUT2D eigenvalue weighted by atomic mass is 10.1. The normalized spacial score (nSPS) is 12.7. The van der Waals surface area contributed by atoms with Crippen LogP contribution in [0.25, 0.3) is 22.2 Å². The van der Waals surface area contributed by atoms with Crippen LogP contribution in [0.15, 0.2) is 37.2 Å². The highest BCUT2D eigenvalue weighted by atomic mass is 35.5. The molecule has 202 valence electrons. The molecule has 11 nitrogen and oxygen atoms in total. The first-order chi connectivity index (χ1) is 18.8. The predicted molar refractivity (Wildman–Crippen MR) is 152 cm³/mol. The summed E-state index contributed by atoms with van der Waals surface area (Å²) < 4.78 is 12.4. The Bertz CT molecular complexity index is 1560. The minimum Gasteiger partial charge on any atom is -0.495 e. The van der Waals surface area contributed by atoms with E-state index in [0.717, 1.165) is 19.4 Å². The number of aryl methyl sites for hydroxylation is 1. The van der Waals surface area contributed by atoms with E-state index in [9.17, 15) is 4.79 Å². The summed E-state index contributed by atoms with van der Waals surface area (Å²) in [6.07, 6.45) is 6.84. The molecule has 0 bridgehead atoms. The van der Waals surface area contributed by atoms with E-state index in [4.69, 9.17) is 42.6 Å². The number of amides is 1. The number of rotatable bonds is 10. The van der Waals surface area contributed by atoms with E-state index in [-0.39, 0.29) is 11.9 Å². The number of hydrogen-bond donors (Lipinski definition) is 3. The Balaban J connectivity index is 1.59. The fourth-order valence-corrected chi connectivity index (χ4v) is 4.68. The molecule has 0 unspecified atom stereocenters. The largest absolute Gasteiger partial charge is 0.495 e. The second-order valence-electron chi connectivity index (χ2n) is 8.98. The van der Waals surface area contributed by atoms with E-state index in [1.807, 2.05) is 6.07 Å². The van der Waals surface area contributed by atoms with E-state index in [0.29, 0.717) is 66.9 Å². The van der Waals surface area contributed by atoms with Crippen molar-refractivity contribution in [1.82, 2.24) is 24.7 Å². The monoisotopic (exact) mass is 568 g/mol. The number of halogens is 2. The van der Waals surface area contributed by atoms with Crippen molar-refractivity contribution in [2.24, 2.45) is 13.0 Å². The van der Waals surface area contributed by atoms with Crippen molar-refractivity contribution < 1.29 is 14.3 Å². The Morgan fingerprint density at radius 1 is 1.15 bits per heavy atom. The molecular formula is C26H26Cl2N8O3. The van der Waals surface area contributed by atoms with Gasteiger partial charge in [-0.05, 0) is 30.9 Å². The number of pyridine rings is 1. The molecule has 1 aliphatic rings. The zero-order valence-corrected chi connectivity index (χ0v) is 23.0. The summed E-state index contributed by atoms with van der Waals surface area (Å²) in [5.74, 6) is 2.25. The van der Waals surface area contributed by atoms with Gasteiger partial charge in [0.2, 0.25) is 11.9 Å². The average Bonchev–Trinajstić information content (AvgIpc) is 3.69. The fourth-order valence-electron chi connectivity index (χ4n) is 3.99. The van der Waals surface area contributed by atoms with Gasteiger partial charge in [-0.25, -0.2) is 15.0 Å². The summed E-state index contributed by atoms with van der Waals surface area (Å²) in [5, 5.41) is 14.9. The Morgan fingerprint density at radius 3 is 2.51 bits per heavy atom. The molecule has 3 heterocycles. The van der Waals surface area contributed by atoms with Gasteiger partial charge in [-0.3, -0.25) is 9.48 Å². The van der Waals surface area contributed by atoms with Crippen LogP contribution in [-0.4, -0.2) is 51.4 Å². The summed E-state index contributed by atoms with van der Waals surface area (Å²) in [6.45, 7) is 4.23. The Kier molecular flexibility index (Phi) is 7.45. The van der Waals surface area contributed by atoms with E-state index >= 15 is 0 Å². The van der Waals surface area contributed by atoms with Gasteiger partial charge >= 0.3 is 0 Å². The minimum atomic E-state index is -0.361. The number of aromatic nitrogens is 5. The number of fused-ring (bicyclic) bond motifs is 1. The number of hydrogen-bond acceptors (Lipinski definition) is 9. The summed E-state index contributed by atoms with van der Waals surface area (Å²) in [4.78, 5) is 25.9. The molecule has 13 heteroatoms. The summed E-state index contributed by atoms with van der Waals surface area (Å²) in [5.41, 5.74) is 2.04. The molecule has 0 saturated heterocycles. The molecule has 0 atom stereocenters. The second-order valence-corrected chi connectivity index (χ2v) is 9.74. The van der Waals surface area contributed by atoms with Crippen molar-refractivity contribution in [3.8, 4) is 22.8 Å². The Morgan fingerprint density at radius 2 is 1.87 bits per heavy atom. The van der Waals surface area contributed by atoms with Crippen molar-refractivity contribution in [2.45, 2.75) is 12.8 Å². The minimum absolute atomic E-state index is 0.276.